The number of aromatic nitrogens is 1. The fourth-order valence-electron chi connectivity index (χ4n) is 5.22. The number of hydrogen-bond acceptors (Lipinski definition) is 17. The molecule has 22 nitrogen and oxygen atoms in total. The third kappa shape index (κ3) is 6.56. The molecular formula is C25H17Cl2N5O17S5. The SMILES string of the molecule is Cc1cc(S(=O)(=O)O)c(N=c2c(S(=O)(=O)O)cc3nc4c(Cl)c5c(c(Cl)c4oc-3c2S(=O)(=O)O)Nc2c(S(=O)(=O)O)cc(N)c(S(=O)(=O)O)c2O5)cc1N. The van der Waals surface area contributed by atoms with Gasteiger partial charge in [0.05, 0.1) is 11.4 Å². The van der Waals surface area contributed by atoms with E-state index in [0.717, 1.165) is 12.1 Å². The van der Waals surface area contributed by atoms with Crippen LogP contribution in [0.25, 0.3) is 22.6 Å². The maximum atomic E-state index is 13.0. The number of benzene rings is 4. The summed E-state index contributed by atoms with van der Waals surface area (Å²) in [5.74, 6) is -2.80. The quantitative estimate of drug-likeness (QED) is 0.0676. The average Bonchev–Trinajstić information content (AvgIpc) is 3.00. The summed E-state index contributed by atoms with van der Waals surface area (Å²) in [4.78, 5) is 1.42. The summed E-state index contributed by atoms with van der Waals surface area (Å²) < 4.78 is 186. The van der Waals surface area contributed by atoms with Crippen molar-refractivity contribution in [2.75, 3.05) is 16.8 Å². The van der Waals surface area contributed by atoms with Gasteiger partial charge in [-0.15, -0.1) is 0 Å². The molecular weight excluding hydrogens is 874 g/mol. The summed E-state index contributed by atoms with van der Waals surface area (Å²) in [6.45, 7) is 1.31. The minimum absolute atomic E-state index is 0.0622. The van der Waals surface area contributed by atoms with Gasteiger partial charge in [0.25, 0.3) is 40.5 Å². The van der Waals surface area contributed by atoms with Crippen LogP contribution in [0.3, 0.4) is 0 Å². The maximum Gasteiger partial charge on any atom is 0.300 e. The Morgan fingerprint density at radius 3 is 1.80 bits per heavy atom. The fourth-order valence-corrected chi connectivity index (χ4v) is 9.35. The van der Waals surface area contributed by atoms with Crippen molar-refractivity contribution in [1.29, 1.82) is 0 Å². The van der Waals surface area contributed by atoms with Crippen molar-refractivity contribution in [3.8, 4) is 23.0 Å². The normalized spacial score (nSPS) is 14.1. The van der Waals surface area contributed by atoms with Crippen LogP contribution in [-0.2, 0) is 50.6 Å². The number of nitrogens with one attached hydrogen (secondary N) is 1. The summed E-state index contributed by atoms with van der Waals surface area (Å²) >= 11 is 13.1. The molecule has 3 aliphatic rings. The highest BCUT2D eigenvalue weighted by Gasteiger charge is 2.38. The van der Waals surface area contributed by atoms with E-state index in [-0.39, 0.29) is 11.3 Å². The first-order valence-electron chi connectivity index (χ1n) is 13.6. The zero-order chi connectivity index (χ0) is 40.4. The standard InChI is InChI=1S/C25H17Cl2N5O17S5/c1-6-2-11(50(33,34)35)9(3-7(6)28)30-17-13(52(39,40)41)5-10-20(25(17)54(45,46)47)48-21-15(27)19-22(14(26)18(21)31-10)49-23-16(32-19)12(51(36,37)38)4-8(29)24(23)53(42,43)44/h2-5,32H,28-29H2,1H3,(H,33,34,35)(H,36,37,38)(H,39,40,41)(H,42,43,44)(H,45,46,47). The second-order valence-electron chi connectivity index (χ2n) is 11.0. The molecule has 0 radical (unpaired) electrons. The van der Waals surface area contributed by atoms with E-state index in [2.05, 4.69) is 15.3 Å². The van der Waals surface area contributed by atoms with Crippen molar-refractivity contribution < 1.29 is 74.0 Å². The Hall–Kier alpha value is -4.39. The van der Waals surface area contributed by atoms with Gasteiger partial charge in [0.15, 0.2) is 32.6 Å². The minimum Gasteiger partial charge on any atom is -0.450 e. The lowest BCUT2D eigenvalue weighted by molar-refractivity contribution is 0.445. The number of nitrogens with two attached hydrogens (primary N) is 2. The van der Waals surface area contributed by atoms with E-state index in [0.29, 0.717) is 12.1 Å². The highest BCUT2D eigenvalue weighted by Crippen LogP contribution is 2.56. The second-order valence-corrected chi connectivity index (χ2v) is 18.7. The largest absolute Gasteiger partial charge is 0.450 e. The summed E-state index contributed by atoms with van der Waals surface area (Å²) in [5.41, 5.74) is 5.85. The Morgan fingerprint density at radius 2 is 1.26 bits per heavy atom. The highest BCUT2D eigenvalue weighted by molar-refractivity contribution is 7.87. The molecule has 0 bridgehead atoms. The molecule has 3 aromatic rings. The molecule has 0 atom stereocenters. The average molecular weight is 891 g/mol. The van der Waals surface area contributed by atoms with Crippen LogP contribution in [0.15, 0.2) is 58.2 Å². The second kappa shape index (κ2) is 12.3. The van der Waals surface area contributed by atoms with Crippen LogP contribution in [-0.4, -0.2) is 69.8 Å². The molecule has 0 unspecified atom stereocenters. The molecule has 3 aromatic carbocycles. The molecule has 0 aromatic heterocycles. The third-order valence-electron chi connectivity index (χ3n) is 7.47. The predicted octanol–water partition coefficient (Wildman–Crippen LogP) is 3.03. The summed E-state index contributed by atoms with van der Waals surface area (Å²) in [6.07, 6.45) is 0. The lowest BCUT2D eigenvalue weighted by Crippen LogP contribution is -2.24. The molecule has 29 heteroatoms. The van der Waals surface area contributed by atoms with Gasteiger partial charge in [0, 0.05) is 5.69 Å². The van der Waals surface area contributed by atoms with Gasteiger partial charge in [0.1, 0.15) is 52.7 Å². The van der Waals surface area contributed by atoms with Gasteiger partial charge < -0.3 is 25.9 Å². The number of aryl methyl sites for hydroxylation is 1. The molecule has 2 aliphatic heterocycles. The van der Waals surface area contributed by atoms with Gasteiger partial charge >= 0.3 is 10.1 Å². The fraction of sp³-hybridized carbons (Fsp3) is 0.0400. The van der Waals surface area contributed by atoms with Crippen LogP contribution < -0.4 is 26.9 Å². The summed E-state index contributed by atoms with van der Waals surface area (Å²) in [5, 5.41) is -0.473. The van der Waals surface area contributed by atoms with Crippen molar-refractivity contribution >= 4 is 113 Å². The number of nitrogen functional groups attached to an aromatic ring is 2. The number of fused-ring (bicyclic) bond motifs is 4. The highest BCUT2D eigenvalue weighted by atomic mass is 35.5. The summed E-state index contributed by atoms with van der Waals surface area (Å²) in [7, 11) is -27.1. The van der Waals surface area contributed by atoms with E-state index < -0.39 is 147 Å². The zero-order valence-electron chi connectivity index (χ0n) is 25.8. The lowest BCUT2D eigenvalue weighted by Gasteiger charge is -2.27. The Morgan fingerprint density at radius 1 is 0.685 bits per heavy atom. The minimum atomic E-state index is -5.77. The molecule has 10 N–H and O–H groups in total. The van der Waals surface area contributed by atoms with Crippen LogP contribution in [0, 0.1) is 6.92 Å². The lowest BCUT2D eigenvalue weighted by atomic mass is 10.1. The Balaban J connectivity index is 1.79. The third-order valence-corrected chi connectivity index (χ3v) is 12.6. The van der Waals surface area contributed by atoms with Crippen molar-refractivity contribution in [2.45, 2.75) is 31.4 Å². The van der Waals surface area contributed by atoms with Crippen molar-refractivity contribution in [3.05, 3.63) is 45.2 Å². The van der Waals surface area contributed by atoms with Crippen LogP contribution in [0.1, 0.15) is 5.56 Å². The van der Waals surface area contributed by atoms with Crippen LogP contribution in [0.2, 0.25) is 10.0 Å². The van der Waals surface area contributed by atoms with Crippen LogP contribution in [0.4, 0.5) is 28.4 Å². The van der Waals surface area contributed by atoms with E-state index in [4.69, 9.17) is 43.8 Å². The number of rotatable bonds is 6. The van der Waals surface area contributed by atoms with E-state index in [9.17, 15) is 64.9 Å². The van der Waals surface area contributed by atoms with Gasteiger partial charge in [-0.1, -0.05) is 23.2 Å². The molecule has 0 fully saturated rings. The molecule has 0 saturated heterocycles. The molecule has 1 aliphatic carbocycles. The Labute approximate surface area is 312 Å². The number of anilines is 4. The van der Waals surface area contributed by atoms with Crippen LogP contribution >= 0.6 is 23.2 Å². The molecule has 54 heavy (non-hydrogen) atoms. The summed E-state index contributed by atoms with van der Waals surface area (Å²) in [6, 6.07) is 2.47. The number of nitrogens with zero attached hydrogens (tertiary/aromatic N) is 2. The Bertz CT molecular complexity index is 3190. The number of ether oxygens (including phenoxy) is 1. The maximum absolute atomic E-state index is 13.0. The van der Waals surface area contributed by atoms with Crippen molar-refractivity contribution in [2.24, 2.45) is 4.99 Å². The first-order valence-corrected chi connectivity index (χ1v) is 21.5. The molecule has 0 spiro atoms. The van der Waals surface area contributed by atoms with E-state index in [1.807, 2.05) is 0 Å². The van der Waals surface area contributed by atoms with Gasteiger partial charge in [-0.05, 0) is 36.8 Å². The van der Waals surface area contributed by atoms with E-state index >= 15 is 0 Å². The smallest absolute Gasteiger partial charge is 0.300 e. The van der Waals surface area contributed by atoms with E-state index in [1.54, 1.807) is 0 Å². The molecule has 288 valence electrons. The predicted molar refractivity (Wildman–Crippen MR) is 185 cm³/mol. The molecule has 0 amide bonds. The first kappa shape index (κ1) is 39.3. The molecule has 0 saturated carbocycles. The monoisotopic (exact) mass is 889 g/mol. The number of halogens is 2. The Kier molecular flexibility index (Phi) is 8.96. The van der Waals surface area contributed by atoms with E-state index in [1.165, 1.54) is 6.92 Å². The number of hydrogen-bond donors (Lipinski definition) is 8. The molecule has 6 rings (SSSR count). The van der Waals surface area contributed by atoms with Crippen molar-refractivity contribution in [3.63, 3.8) is 0 Å². The zero-order valence-corrected chi connectivity index (χ0v) is 31.4. The van der Waals surface area contributed by atoms with Gasteiger partial charge in [-0.25, -0.2) is 9.98 Å². The van der Waals surface area contributed by atoms with Gasteiger partial charge in [-0.3, -0.25) is 22.8 Å². The molecule has 2 heterocycles. The van der Waals surface area contributed by atoms with Crippen molar-refractivity contribution in [1.82, 2.24) is 4.98 Å². The topological polar surface area (TPSA) is 384 Å². The van der Waals surface area contributed by atoms with Crippen LogP contribution in [0.5, 0.6) is 11.5 Å². The first-order chi connectivity index (χ1) is 24.5. The van der Waals surface area contributed by atoms with Gasteiger partial charge in [0.2, 0.25) is 0 Å². The van der Waals surface area contributed by atoms with Gasteiger partial charge in [-0.2, -0.15) is 42.1 Å².